The highest BCUT2D eigenvalue weighted by Gasteiger charge is 2.13. The normalized spacial score (nSPS) is 15.2. The van der Waals surface area contributed by atoms with Crippen molar-refractivity contribution < 1.29 is 0 Å². The van der Waals surface area contributed by atoms with Gasteiger partial charge in [-0.2, -0.15) is 0 Å². The number of aryl methyl sites for hydroxylation is 1. The quantitative estimate of drug-likeness (QED) is 0.809. The molecule has 0 aliphatic rings. The van der Waals surface area contributed by atoms with Crippen LogP contribution in [0.1, 0.15) is 30.5 Å². The lowest BCUT2D eigenvalue weighted by Gasteiger charge is -2.19. The molecule has 1 aromatic rings. The highest BCUT2D eigenvalue weighted by Crippen LogP contribution is 2.22. The minimum absolute atomic E-state index is 0.00577. The lowest BCUT2D eigenvalue weighted by Crippen LogP contribution is -2.33. The zero-order chi connectivity index (χ0) is 10.7. The van der Waals surface area contributed by atoms with E-state index in [1.807, 2.05) is 32.0 Å². The van der Waals surface area contributed by atoms with Crippen LogP contribution in [-0.2, 0) is 0 Å². The Balaban J connectivity index is 2.91. The molecule has 0 bridgehead atoms. The van der Waals surface area contributed by atoms with Crippen LogP contribution >= 0.6 is 11.6 Å². The summed E-state index contributed by atoms with van der Waals surface area (Å²) in [4.78, 5) is 0. The van der Waals surface area contributed by atoms with E-state index < -0.39 is 0 Å². The van der Waals surface area contributed by atoms with Gasteiger partial charge in [0.15, 0.2) is 0 Å². The number of rotatable bonds is 3. The zero-order valence-corrected chi connectivity index (χ0v) is 9.38. The number of hydrogen-bond donors (Lipinski definition) is 2. The molecule has 3 heteroatoms. The van der Waals surface area contributed by atoms with Gasteiger partial charge in [0, 0.05) is 17.1 Å². The summed E-state index contributed by atoms with van der Waals surface area (Å²) in [6.07, 6.45) is 0.868. The molecule has 0 aromatic heterocycles. The molecule has 1 aromatic carbocycles. The Hall–Kier alpha value is -0.570. The largest absolute Gasteiger partial charge is 0.326 e. The molecule has 0 aliphatic heterocycles. The fraction of sp³-hybridized carbons (Fsp3) is 0.455. The second-order valence-electron chi connectivity index (χ2n) is 3.61. The molecule has 78 valence electrons. The van der Waals surface area contributed by atoms with E-state index in [0.717, 1.165) is 22.6 Å². The number of nitrogens with two attached hydrogens (primary N) is 2. The zero-order valence-electron chi connectivity index (χ0n) is 8.63. The van der Waals surface area contributed by atoms with Crippen molar-refractivity contribution >= 4 is 11.6 Å². The first-order valence-corrected chi connectivity index (χ1v) is 5.21. The van der Waals surface area contributed by atoms with Crippen molar-refractivity contribution in [3.63, 3.8) is 0 Å². The number of hydrogen-bond acceptors (Lipinski definition) is 2. The lowest BCUT2D eigenvalue weighted by atomic mass is 9.98. The summed E-state index contributed by atoms with van der Waals surface area (Å²) in [5.41, 5.74) is 13.9. The second kappa shape index (κ2) is 4.78. The van der Waals surface area contributed by atoms with Crippen LogP contribution in [0.15, 0.2) is 18.2 Å². The molecule has 0 heterocycles. The SMILES string of the molecule is CCC(N)C(N)c1ccc(C)c(Cl)c1. The van der Waals surface area contributed by atoms with Crippen molar-refractivity contribution in [2.45, 2.75) is 32.4 Å². The van der Waals surface area contributed by atoms with Gasteiger partial charge in [-0.15, -0.1) is 0 Å². The molecular formula is C11H17ClN2. The number of halogens is 1. The Morgan fingerprint density at radius 1 is 1.36 bits per heavy atom. The van der Waals surface area contributed by atoms with E-state index in [-0.39, 0.29) is 12.1 Å². The van der Waals surface area contributed by atoms with Crippen LogP contribution < -0.4 is 11.5 Å². The third-order valence-corrected chi connectivity index (χ3v) is 2.92. The van der Waals surface area contributed by atoms with Crippen molar-refractivity contribution in [2.75, 3.05) is 0 Å². The third-order valence-electron chi connectivity index (χ3n) is 2.51. The summed E-state index contributed by atoms with van der Waals surface area (Å²) in [6.45, 7) is 4.00. The third kappa shape index (κ3) is 2.47. The van der Waals surface area contributed by atoms with E-state index in [1.165, 1.54) is 0 Å². The molecule has 0 saturated carbocycles. The molecule has 0 radical (unpaired) electrons. The van der Waals surface area contributed by atoms with Gasteiger partial charge in [-0.25, -0.2) is 0 Å². The van der Waals surface area contributed by atoms with Crippen molar-refractivity contribution in [3.8, 4) is 0 Å². The summed E-state index contributed by atoms with van der Waals surface area (Å²) < 4.78 is 0. The van der Waals surface area contributed by atoms with Crippen LogP contribution in [0.3, 0.4) is 0 Å². The van der Waals surface area contributed by atoms with E-state index in [1.54, 1.807) is 0 Å². The molecule has 2 atom stereocenters. The maximum atomic E-state index is 6.01. The van der Waals surface area contributed by atoms with E-state index >= 15 is 0 Å². The molecule has 0 saturated heterocycles. The van der Waals surface area contributed by atoms with Crippen LogP contribution in [0, 0.1) is 6.92 Å². The highest BCUT2D eigenvalue weighted by molar-refractivity contribution is 6.31. The fourth-order valence-corrected chi connectivity index (χ4v) is 1.51. The van der Waals surface area contributed by atoms with Crippen LogP contribution in [0.25, 0.3) is 0 Å². The summed E-state index contributed by atoms with van der Waals surface area (Å²) in [6, 6.07) is 5.73. The van der Waals surface area contributed by atoms with Crippen molar-refractivity contribution in [3.05, 3.63) is 34.3 Å². The van der Waals surface area contributed by atoms with Gasteiger partial charge in [0.25, 0.3) is 0 Å². The van der Waals surface area contributed by atoms with Crippen LogP contribution in [0.4, 0.5) is 0 Å². The molecule has 0 aliphatic carbocycles. The summed E-state index contributed by atoms with van der Waals surface area (Å²) >= 11 is 6.01. The Labute approximate surface area is 90.2 Å². The van der Waals surface area contributed by atoms with Gasteiger partial charge in [-0.1, -0.05) is 30.7 Å². The Kier molecular flexibility index (Phi) is 3.93. The van der Waals surface area contributed by atoms with Crippen LogP contribution in [0.5, 0.6) is 0 Å². The minimum Gasteiger partial charge on any atom is -0.326 e. The van der Waals surface area contributed by atoms with Gasteiger partial charge in [-0.05, 0) is 30.5 Å². The summed E-state index contributed by atoms with van der Waals surface area (Å²) in [7, 11) is 0. The fourth-order valence-electron chi connectivity index (χ4n) is 1.32. The first-order chi connectivity index (χ1) is 6.56. The van der Waals surface area contributed by atoms with Crippen molar-refractivity contribution in [1.29, 1.82) is 0 Å². The van der Waals surface area contributed by atoms with Gasteiger partial charge >= 0.3 is 0 Å². The topological polar surface area (TPSA) is 52.0 Å². The van der Waals surface area contributed by atoms with E-state index in [9.17, 15) is 0 Å². The average Bonchev–Trinajstić information content (AvgIpc) is 2.20. The Morgan fingerprint density at radius 3 is 2.50 bits per heavy atom. The summed E-state index contributed by atoms with van der Waals surface area (Å²) in [5, 5.41) is 0.751. The second-order valence-corrected chi connectivity index (χ2v) is 4.01. The molecule has 0 spiro atoms. The molecule has 0 fully saturated rings. The van der Waals surface area contributed by atoms with Crippen molar-refractivity contribution in [1.82, 2.24) is 0 Å². The van der Waals surface area contributed by atoms with Gasteiger partial charge in [0.1, 0.15) is 0 Å². The first-order valence-electron chi connectivity index (χ1n) is 4.83. The smallest absolute Gasteiger partial charge is 0.0449 e. The standard InChI is InChI=1S/C11H17ClN2/c1-3-10(13)11(14)8-5-4-7(2)9(12)6-8/h4-6,10-11H,3,13-14H2,1-2H3. The van der Waals surface area contributed by atoms with Crippen molar-refractivity contribution in [2.24, 2.45) is 11.5 Å². The minimum atomic E-state index is -0.127. The predicted octanol–water partition coefficient (Wildman–Crippen LogP) is 2.39. The van der Waals surface area contributed by atoms with Gasteiger partial charge < -0.3 is 11.5 Å². The highest BCUT2D eigenvalue weighted by atomic mass is 35.5. The summed E-state index contributed by atoms with van der Waals surface area (Å²) in [5.74, 6) is 0. The maximum absolute atomic E-state index is 6.01. The Bertz CT molecular complexity index is 312. The molecule has 0 amide bonds. The maximum Gasteiger partial charge on any atom is 0.0449 e. The molecular weight excluding hydrogens is 196 g/mol. The van der Waals surface area contributed by atoms with E-state index in [0.29, 0.717) is 0 Å². The monoisotopic (exact) mass is 212 g/mol. The average molecular weight is 213 g/mol. The molecule has 1 rings (SSSR count). The van der Waals surface area contributed by atoms with Gasteiger partial charge in [-0.3, -0.25) is 0 Å². The molecule has 2 unspecified atom stereocenters. The predicted molar refractivity (Wildman–Crippen MR) is 61.4 cm³/mol. The van der Waals surface area contributed by atoms with Gasteiger partial charge in [0.2, 0.25) is 0 Å². The molecule has 2 nitrogen and oxygen atoms in total. The molecule has 14 heavy (non-hydrogen) atoms. The molecule has 4 N–H and O–H groups in total. The van der Waals surface area contributed by atoms with E-state index in [2.05, 4.69) is 0 Å². The van der Waals surface area contributed by atoms with Gasteiger partial charge in [0.05, 0.1) is 0 Å². The van der Waals surface area contributed by atoms with E-state index in [4.69, 9.17) is 23.1 Å². The lowest BCUT2D eigenvalue weighted by molar-refractivity contribution is 0.532. The van der Waals surface area contributed by atoms with Crippen LogP contribution in [-0.4, -0.2) is 6.04 Å². The first kappa shape index (κ1) is 11.5. The van der Waals surface area contributed by atoms with Crippen LogP contribution in [0.2, 0.25) is 5.02 Å². The number of benzene rings is 1. The Morgan fingerprint density at radius 2 is 2.00 bits per heavy atom.